The molecule has 0 bridgehead atoms. The number of nitro groups is 1. The first-order chi connectivity index (χ1) is 12.9. The van der Waals surface area contributed by atoms with Crippen LogP contribution in [0.5, 0.6) is 0 Å². The van der Waals surface area contributed by atoms with Crippen LogP contribution in [0.25, 0.3) is 0 Å². The lowest BCUT2D eigenvalue weighted by Crippen LogP contribution is -2.38. The molecule has 1 aromatic carbocycles. The Morgan fingerprint density at radius 2 is 1.96 bits per heavy atom. The standard InChI is InChI=1S/C18H22N4O4S/c1-3-4-5-10-21(11-16(23)20-18-19-13(2)12-27-18)17(24)14-6-8-15(9-7-14)22(25)26/h6-9,12H,3-5,10-11H2,1-2H3,(H,19,20,23). The molecule has 0 spiro atoms. The Balaban J connectivity index is 2.08. The summed E-state index contributed by atoms with van der Waals surface area (Å²) in [6.07, 6.45) is 2.71. The van der Waals surface area contributed by atoms with Gasteiger partial charge in [-0.15, -0.1) is 11.3 Å². The van der Waals surface area contributed by atoms with Crippen molar-refractivity contribution in [2.24, 2.45) is 0 Å². The van der Waals surface area contributed by atoms with E-state index < -0.39 is 4.92 Å². The summed E-state index contributed by atoms with van der Waals surface area (Å²) in [5.74, 6) is -0.650. The van der Waals surface area contributed by atoms with E-state index in [1.54, 1.807) is 0 Å². The van der Waals surface area contributed by atoms with E-state index in [-0.39, 0.29) is 24.0 Å². The molecular formula is C18H22N4O4S. The number of nitro benzene ring substituents is 1. The number of benzene rings is 1. The minimum Gasteiger partial charge on any atom is -0.329 e. The van der Waals surface area contributed by atoms with Gasteiger partial charge in [-0.05, 0) is 25.5 Å². The number of hydrogen-bond acceptors (Lipinski definition) is 6. The minimum absolute atomic E-state index is 0.0824. The molecule has 8 nitrogen and oxygen atoms in total. The average molecular weight is 390 g/mol. The minimum atomic E-state index is -0.517. The third kappa shape index (κ3) is 6.14. The van der Waals surface area contributed by atoms with E-state index in [4.69, 9.17) is 0 Å². The molecule has 0 aliphatic carbocycles. The number of nitrogens with zero attached hydrogens (tertiary/aromatic N) is 3. The van der Waals surface area contributed by atoms with Gasteiger partial charge in [-0.1, -0.05) is 19.8 Å². The molecule has 0 saturated carbocycles. The molecule has 0 atom stereocenters. The molecule has 2 rings (SSSR count). The van der Waals surface area contributed by atoms with Crippen LogP contribution < -0.4 is 5.32 Å². The van der Waals surface area contributed by atoms with E-state index in [2.05, 4.69) is 17.2 Å². The fraction of sp³-hybridized carbons (Fsp3) is 0.389. The van der Waals surface area contributed by atoms with E-state index in [0.29, 0.717) is 17.2 Å². The fourth-order valence-corrected chi connectivity index (χ4v) is 3.16. The largest absolute Gasteiger partial charge is 0.329 e. The number of thiazole rings is 1. The van der Waals surface area contributed by atoms with Crippen LogP contribution in [-0.2, 0) is 4.79 Å². The Bertz CT molecular complexity index is 804. The van der Waals surface area contributed by atoms with Crippen molar-refractivity contribution >= 4 is 34.0 Å². The number of anilines is 1. The molecule has 1 heterocycles. The summed E-state index contributed by atoms with van der Waals surface area (Å²) >= 11 is 1.33. The van der Waals surface area contributed by atoms with Gasteiger partial charge < -0.3 is 10.2 Å². The first kappa shape index (κ1) is 20.5. The predicted octanol–water partition coefficient (Wildman–Crippen LogP) is 3.63. The van der Waals surface area contributed by atoms with Crippen molar-refractivity contribution in [3.8, 4) is 0 Å². The van der Waals surface area contributed by atoms with Crippen LogP contribution >= 0.6 is 11.3 Å². The topological polar surface area (TPSA) is 105 Å². The third-order valence-electron chi connectivity index (χ3n) is 3.84. The summed E-state index contributed by atoms with van der Waals surface area (Å²) in [5.41, 5.74) is 1.05. The van der Waals surface area contributed by atoms with Gasteiger partial charge in [0.05, 0.1) is 10.6 Å². The number of nitrogens with one attached hydrogen (secondary N) is 1. The molecule has 0 unspecified atom stereocenters. The normalized spacial score (nSPS) is 10.4. The molecule has 1 N–H and O–H groups in total. The number of carbonyl (C=O) groups is 2. The maximum absolute atomic E-state index is 12.8. The quantitative estimate of drug-likeness (QED) is 0.400. The highest BCUT2D eigenvalue weighted by Crippen LogP contribution is 2.16. The molecule has 1 aromatic heterocycles. The van der Waals surface area contributed by atoms with Gasteiger partial charge in [-0.3, -0.25) is 19.7 Å². The zero-order valence-corrected chi connectivity index (χ0v) is 16.1. The molecule has 0 aliphatic heterocycles. The van der Waals surface area contributed by atoms with Crippen LogP contribution in [0, 0.1) is 17.0 Å². The molecule has 0 aliphatic rings. The van der Waals surface area contributed by atoms with E-state index in [1.165, 1.54) is 40.5 Å². The maximum atomic E-state index is 12.8. The molecule has 9 heteroatoms. The SMILES string of the molecule is CCCCCN(CC(=O)Nc1nc(C)cs1)C(=O)c1ccc([N+](=O)[O-])cc1. The molecule has 0 fully saturated rings. The van der Waals surface area contributed by atoms with E-state index in [1.807, 2.05) is 12.3 Å². The van der Waals surface area contributed by atoms with Gasteiger partial charge >= 0.3 is 0 Å². The van der Waals surface area contributed by atoms with Crippen molar-refractivity contribution in [2.75, 3.05) is 18.4 Å². The summed E-state index contributed by atoms with van der Waals surface area (Å²) in [6.45, 7) is 4.23. The highest BCUT2D eigenvalue weighted by Gasteiger charge is 2.20. The molecule has 2 amide bonds. The Hall–Kier alpha value is -2.81. The number of aryl methyl sites for hydroxylation is 1. The summed E-state index contributed by atoms with van der Waals surface area (Å²) in [7, 11) is 0. The van der Waals surface area contributed by atoms with Crippen LogP contribution in [-0.4, -0.2) is 39.7 Å². The van der Waals surface area contributed by atoms with Gasteiger partial charge in [0.15, 0.2) is 5.13 Å². The smallest absolute Gasteiger partial charge is 0.269 e. The Morgan fingerprint density at radius 1 is 1.26 bits per heavy atom. The average Bonchev–Trinajstić information content (AvgIpc) is 3.05. The predicted molar refractivity (Wildman–Crippen MR) is 104 cm³/mol. The molecule has 144 valence electrons. The van der Waals surface area contributed by atoms with Crippen LogP contribution in [0.4, 0.5) is 10.8 Å². The van der Waals surface area contributed by atoms with Gasteiger partial charge in [0.2, 0.25) is 5.91 Å². The lowest BCUT2D eigenvalue weighted by Gasteiger charge is -2.22. The second kappa shape index (κ2) is 9.77. The second-order valence-electron chi connectivity index (χ2n) is 6.08. The van der Waals surface area contributed by atoms with Crippen LogP contribution in [0.2, 0.25) is 0 Å². The summed E-state index contributed by atoms with van der Waals surface area (Å²) < 4.78 is 0. The van der Waals surface area contributed by atoms with Gasteiger partial charge in [-0.25, -0.2) is 4.98 Å². The van der Waals surface area contributed by atoms with Crippen molar-refractivity contribution in [2.45, 2.75) is 33.1 Å². The summed E-state index contributed by atoms with van der Waals surface area (Å²) in [6, 6.07) is 5.40. The molecular weight excluding hydrogens is 368 g/mol. The number of carbonyl (C=O) groups excluding carboxylic acids is 2. The zero-order chi connectivity index (χ0) is 19.8. The van der Waals surface area contributed by atoms with Crippen molar-refractivity contribution in [3.05, 3.63) is 51.0 Å². The third-order valence-corrected chi connectivity index (χ3v) is 4.72. The molecule has 0 radical (unpaired) electrons. The van der Waals surface area contributed by atoms with Gasteiger partial charge in [-0.2, -0.15) is 0 Å². The first-order valence-electron chi connectivity index (χ1n) is 8.66. The lowest BCUT2D eigenvalue weighted by atomic mass is 10.1. The van der Waals surface area contributed by atoms with Crippen molar-refractivity contribution in [3.63, 3.8) is 0 Å². The number of amides is 2. The second-order valence-corrected chi connectivity index (χ2v) is 6.94. The summed E-state index contributed by atoms with van der Waals surface area (Å²) in [4.78, 5) is 41.0. The van der Waals surface area contributed by atoms with Gasteiger partial charge in [0.1, 0.15) is 6.54 Å². The molecule has 27 heavy (non-hydrogen) atoms. The van der Waals surface area contributed by atoms with Crippen molar-refractivity contribution in [1.82, 2.24) is 9.88 Å². The molecule has 2 aromatic rings. The van der Waals surface area contributed by atoms with E-state index in [9.17, 15) is 19.7 Å². The van der Waals surface area contributed by atoms with Crippen molar-refractivity contribution < 1.29 is 14.5 Å². The first-order valence-corrected chi connectivity index (χ1v) is 9.54. The number of aromatic nitrogens is 1. The van der Waals surface area contributed by atoms with Crippen LogP contribution in [0.1, 0.15) is 42.2 Å². The fourth-order valence-electron chi connectivity index (χ4n) is 2.46. The van der Waals surface area contributed by atoms with Gasteiger partial charge in [0.25, 0.3) is 11.6 Å². The molecule has 0 saturated heterocycles. The van der Waals surface area contributed by atoms with E-state index >= 15 is 0 Å². The Kier molecular flexibility index (Phi) is 7.42. The van der Waals surface area contributed by atoms with Gasteiger partial charge in [0, 0.05) is 29.6 Å². The number of rotatable bonds is 9. The number of non-ortho nitro benzene ring substituents is 1. The van der Waals surface area contributed by atoms with E-state index in [0.717, 1.165) is 25.0 Å². The highest BCUT2D eigenvalue weighted by molar-refractivity contribution is 7.13. The maximum Gasteiger partial charge on any atom is 0.269 e. The lowest BCUT2D eigenvalue weighted by molar-refractivity contribution is -0.384. The Labute approximate surface area is 161 Å². The zero-order valence-electron chi connectivity index (χ0n) is 15.3. The van der Waals surface area contributed by atoms with Crippen LogP contribution in [0.15, 0.2) is 29.6 Å². The van der Waals surface area contributed by atoms with Crippen LogP contribution in [0.3, 0.4) is 0 Å². The Morgan fingerprint density at radius 3 is 2.52 bits per heavy atom. The number of hydrogen-bond donors (Lipinski definition) is 1. The highest BCUT2D eigenvalue weighted by atomic mass is 32.1. The summed E-state index contributed by atoms with van der Waals surface area (Å²) in [5, 5.41) is 15.8. The number of unbranched alkanes of at least 4 members (excludes halogenated alkanes) is 2. The van der Waals surface area contributed by atoms with Crippen molar-refractivity contribution in [1.29, 1.82) is 0 Å². The monoisotopic (exact) mass is 390 g/mol.